The van der Waals surface area contributed by atoms with E-state index in [0.29, 0.717) is 0 Å². The van der Waals surface area contributed by atoms with Gasteiger partial charge in [0.15, 0.2) is 0 Å². The summed E-state index contributed by atoms with van der Waals surface area (Å²) in [6.45, 7) is 0. The molecule has 104 valence electrons. The van der Waals surface area contributed by atoms with Crippen LogP contribution in [-0.2, 0) is 19.7 Å². The van der Waals surface area contributed by atoms with Gasteiger partial charge in [0.05, 0.1) is 0 Å². The number of aromatic amines is 2. The Kier molecular flexibility index (Phi) is 3.71. The van der Waals surface area contributed by atoms with Gasteiger partial charge in [-0.3, -0.25) is 0 Å². The van der Waals surface area contributed by atoms with Crippen molar-refractivity contribution in [3.63, 3.8) is 0 Å². The molecule has 2 rings (SSSR count). The summed E-state index contributed by atoms with van der Waals surface area (Å²) in [5.74, 6) is 0. The smallest absolute Gasteiger partial charge is 0.292 e. The maximum Gasteiger partial charge on any atom is 0.292 e. The molecule has 10 heteroatoms. The molecule has 2 heterocycles. The Morgan fingerprint density at radius 3 is 1.47 bits per heavy atom. The zero-order valence-corrected chi connectivity index (χ0v) is 14.0. The first-order chi connectivity index (χ1) is 8.71. The zero-order chi connectivity index (χ0) is 14.3. The van der Waals surface area contributed by atoms with E-state index in [1.165, 1.54) is 36.7 Å². The van der Waals surface area contributed by atoms with Crippen LogP contribution in [0.3, 0.4) is 0 Å². The summed E-state index contributed by atoms with van der Waals surface area (Å²) >= 11 is 5.54. The van der Waals surface area contributed by atoms with Gasteiger partial charge in [-0.25, -0.2) is 16.8 Å². The summed E-state index contributed by atoms with van der Waals surface area (Å²) in [6.07, 6.45) is 2.79. The van der Waals surface area contributed by atoms with Crippen LogP contribution in [0.5, 0.6) is 0 Å². The monoisotopic (exact) mass is 430 g/mol. The van der Waals surface area contributed by atoms with Crippen LogP contribution in [0.4, 0.5) is 0 Å². The lowest BCUT2D eigenvalue weighted by Crippen LogP contribution is -2.35. The summed E-state index contributed by atoms with van der Waals surface area (Å²) in [6, 6.07) is 5.47. The molecule has 0 fully saturated rings. The fourth-order valence-corrected chi connectivity index (χ4v) is 6.62. The van der Waals surface area contributed by atoms with E-state index in [2.05, 4.69) is 41.8 Å². The van der Waals surface area contributed by atoms with E-state index in [4.69, 9.17) is 0 Å². The van der Waals surface area contributed by atoms with Crippen molar-refractivity contribution in [2.75, 3.05) is 0 Å². The molecule has 0 saturated carbocycles. The number of sulfone groups is 2. The average Bonchev–Trinajstić information content (AvgIpc) is 3.02. The summed E-state index contributed by atoms with van der Waals surface area (Å²) in [5.41, 5.74) is 0. The van der Waals surface area contributed by atoms with Crippen molar-refractivity contribution in [2.24, 2.45) is 0 Å². The number of aromatic nitrogens is 2. The number of alkyl halides is 2. The van der Waals surface area contributed by atoms with Crippen LogP contribution in [0, 0.1) is 0 Å². The van der Waals surface area contributed by atoms with Crippen LogP contribution in [0.15, 0.2) is 46.7 Å². The number of H-pyrrole nitrogens is 2. The summed E-state index contributed by atoms with van der Waals surface area (Å²) in [5, 5.41) is -0.423. The summed E-state index contributed by atoms with van der Waals surface area (Å²) in [4.78, 5) is 4.96. The number of rotatable bonds is 4. The highest BCUT2D eigenvalue weighted by molar-refractivity contribution is 9.30. The second-order valence-electron chi connectivity index (χ2n) is 3.54. The Morgan fingerprint density at radius 1 is 0.842 bits per heavy atom. The Labute approximate surface area is 126 Å². The molecule has 0 aliphatic heterocycles. The molecule has 19 heavy (non-hydrogen) atoms. The van der Waals surface area contributed by atoms with Gasteiger partial charge in [-0.1, -0.05) is 0 Å². The fourth-order valence-electron chi connectivity index (χ4n) is 1.36. The third kappa shape index (κ3) is 2.20. The first kappa shape index (κ1) is 14.8. The Morgan fingerprint density at radius 2 is 1.21 bits per heavy atom. The maximum absolute atomic E-state index is 12.3. The number of halogens is 2. The first-order valence-electron chi connectivity index (χ1n) is 4.85. The van der Waals surface area contributed by atoms with Crippen LogP contribution in [0.1, 0.15) is 0 Å². The second kappa shape index (κ2) is 4.76. The van der Waals surface area contributed by atoms with E-state index in [1.54, 1.807) is 0 Å². The van der Waals surface area contributed by atoms with Crippen molar-refractivity contribution >= 4 is 51.5 Å². The topological polar surface area (TPSA) is 99.9 Å². The van der Waals surface area contributed by atoms with Crippen molar-refractivity contribution in [3.8, 4) is 0 Å². The van der Waals surface area contributed by atoms with Gasteiger partial charge in [0.2, 0.25) is 19.7 Å². The molecule has 6 nitrogen and oxygen atoms in total. The summed E-state index contributed by atoms with van der Waals surface area (Å²) < 4.78 is 47.0. The number of nitrogens with one attached hydrogen (secondary N) is 2. The SMILES string of the molecule is O=S(=O)(c1ccc[nH]1)C(Br)(Br)S(=O)(=O)c1ccc[nH]1. The molecule has 0 aliphatic carbocycles. The molecule has 0 spiro atoms. The maximum atomic E-state index is 12.3. The molecule has 2 aromatic rings. The lowest BCUT2D eigenvalue weighted by Gasteiger charge is -2.19. The van der Waals surface area contributed by atoms with Gasteiger partial charge in [-0.05, 0) is 56.1 Å². The molecule has 0 aromatic carbocycles. The second-order valence-corrected chi connectivity index (χ2v) is 13.5. The highest BCUT2D eigenvalue weighted by Gasteiger charge is 2.53. The molecule has 0 aliphatic rings. The molecular formula is C9H8Br2N2O4S2. The molecule has 0 atom stereocenters. The lowest BCUT2D eigenvalue weighted by molar-refractivity contribution is 0.581. The molecule has 0 bridgehead atoms. The van der Waals surface area contributed by atoms with Gasteiger partial charge < -0.3 is 9.97 Å². The third-order valence-corrected chi connectivity index (χ3v) is 11.7. The van der Waals surface area contributed by atoms with Crippen LogP contribution in [0.2, 0.25) is 0 Å². The van der Waals surface area contributed by atoms with Crippen molar-refractivity contribution in [3.05, 3.63) is 36.7 Å². The van der Waals surface area contributed by atoms with Crippen molar-refractivity contribution in [1.82, 2.24) is 9.97 Å². The largest absolute Gasteiger partial charge is 0.352 e. The normalized spacial score (nSPS) is 13.6. The van der Waals surface area contributed by atoms with Gasteiger partial charge >= 0.3 is 0 Å². The molecule has 0 unspecified atom stereocenters. The number of hydrogen-bond donors (Lipinski definition) is 2. The Bertz CT molecular complexity index is 696. The minimum atomic E-state index is -4.21. The van der Waals surface area contributed by atoms with Gasteiger partial charge in [0.25, 0.3) is 1.90 Å². The number of hydrogen-bond acceptors (Lipinski definition) is 4. The quantitative estimate of drug-likeness (QED) is 0.723. The molecule has 0 amide bonds. The van der Waals surface area contributed by atoms with Crippen molar-refractivity contribution in [1.29, 1.82) is 0 Å². The minimum Gasteiger partial charge on any atom is -0.352 e. The fraction of sp³-hybridized carbons (Fsp3) is 0.111. The highest BCUT2D eigenvalue weighted by atomic mass is 79.9. The molecular weight excluding hydrogens is 424 g/mol. The van der Waals surface area contributed by atoms with Gasteiger partial charge in [0.1, 0.15) is 10.1 Å². The van der Waals surface area contributed by atoms with Crippen molar-refractivity contribution < 1.29 is 16.8 Å². The van der Waals surface area contributed by atoms with Crippen LogP contribution >= 0.6 is 31.9 Å². The van der Waals surface area contributed by atoms with Crippen LogP contribution in [0.25, 0.3) is 0 Å². The average molecular weight is 432 g/mol. The van der Waals surface area contributed by atoms with E-state index in [9.17, 15) is 16.8 Å². The van der Waals surface area contributed by atoms with Gasteiger partial charge in [0, 0.05) is 12.4 Å². The molecule has 0 radical (unpaired) electrons. The van der Waals surface area contributed by atoms with E-state index in [0.717, 1.165) is 0 Å². The molecule has 2 N–H and O–H groups in total. The van der Waals surface area contributed by atoms with Crippen LogP contribution in [-0.4, -0.2) is 28.7 Å². The van der Waals surface area contributed by atoms with Crippen molar-refractivity contribution in [2.45, 2.75) is 11.9 Å². The van der Waals surface area contributed by atoms with Gasteiger partial charge in [-0.2, -0.15) is 0 Å². The van der Waals surface area contributed by atoms with E-state index < -0.39 is 21.6 Å². The van der Waals surface area contributed by atoms with Crippen LogP contribution < -0.4 is 0 Å². The first-order valence-corrected chi connectivity index (χ1v) is 9.40. The van der Waals surface area contributed by atoms with Gasteiger partial charge in [-0.15, -0.1) is 0 Å². The Balaban J connectivity index is 2.62. The van der Waals surface area contributed by atoms with E-state index >= 15 is 0 Å². The predicted octanol–water partition coefficient (Wildman–Crippen LogP) is 1.99. The lowest BCUT2D eigenvalue weighted by atomic mass is 10.7. The predicted molar refractivity (Wildman–Crippen MR) is 76.5 cm³/mol. The zero-order valence-electron chi connectivity index (χ0n) is 9.17. The standard InChI is InChI=1S/C9H8Br2N2O4S2/c10-9(11,18(14,15)7-3-1-5-12-7)19(16,17)8-4-2-6-13-8/h1-6,12-13H. The van der Waals surface area contributed by atoms with E-state index in [1.807, 2.05) is 0 Å². The third-order valence-electron chi connectivity index (χ3n) is 2.34. The Hall–Kier alpha value is -0.580. The molecule has 0 saturated heterocycles. The molecule has 2 aromatic heterocycles. The van der Waals surface area contributed by atoms with E-state index in [-0.39, 0.29) is 10.1 Å². The summed E-state index contributed by atoms with van der Waals surface area (Å²) in [7, 11) is -8.42. The minimum absolute atomic E-state index is 0.212. The highest BCUT2D eigenvalue weighted by Crippen LogP contribution is 2.44.